The van der Waals surface area contributed by atoms with Crippen molar-refractivity contribution in [2.45, 2.75) is 134 Å². The highest BCUT2D eigenvalue weighted by atomic mass is 32.2. The van der Waals surface area contributed by atoms with Gasteiger partial charge in [-0.1, -0.05) is 63.1 Å². The number of nitrogens with one attached hydrogen (secondary N) is 3. The number of allylic oxidation sites excluding steroid dienone is 3. The van der Waals surface area contributed by atoms with Crippen LogP contribution in [0.15, 0.2) is 35.9 Å². The third kappa shape index (κ3) is 9.87. The van der Waals surface area contributed by atoms with Crippen LogP contribution >= 0.6 is 0 Å². The van der Waals surface area contributed by atoms with Crippen molar-refractivity contribution in [1.82, 2.24) is 25.2 Å². The summed E-state index contributed by atoms with van der Waals surface area (Å²) in [6, 6.07) is 3.31. The predicted molar refractivity (Wildman–Crippen MR) is 209 cm³/mol. The Balaban J connectivity index is 1.29. The second kappa shape index (κ2) is 16.6. The third-order valence-electron chi connectivity index (χ3n) is 11.5. The van der Waals surface area contributed by atoms with Gasteiger partial charge in [-0.3, -0.25) is 28.8 Å². The molecule has 5 amide bonds. The van der Waals surface area contributed by atoms with Crippen molar-refractivity contribution in [2.75, 3.05) is 13.2 Å². The predicted octanol–water partition coefficient (Wildman–Crippen LogP) is 4.25. The molecule has 1 aromatic carbocycles. The summed E-state index contributed by atoms with van der Waals surface area (Å²) in [7, 11) is -3.92. The largest absolute Gasteiger partial charge is 0.449 e. The van der Waals surface area contributed by atoms with Gasteiger partial charge < -0.3 is 25.0 Å². The summed E-state index contributed by atoms with van der Waals surface area (Å²) in [5.41, 5.74) is 1.77. The van der Waals surface area contributed by atoms with Crippen molar-refractivity contribution in [3.05, 3.63) is 52.6 Å². The number of amides is 5. The molecule has 310 valence electrons. The molecule has 0 radical (unpaired) electrons. The number of ketones is 1. The van der Waals surface area contributed by atoms with Gasteiger partial charge in [-0.2, -0.15) is 0 Å². The smallest absolute Gasteiger partial charge is 0.410 e. The molecule has 3 fully saturated rings. The number of fused-ring (bicyclic) bond motifs is 3. The van der Waals surface area contributed by atoms with Gasteiger partial charge in [0.2, 0.25) is 21.8 Å². The number of sulfonamides is 1. The highest BCUT2D eigenvalue weighted by Crippen LogP contribution is 2.47. The lowest BCUT2D eigenvalue weighted by Crippen LogP contribution is -2.58. The second-order valence-electron chi connectivity index (χ2n) is 17.1. The van der Waals surface area contributed by atoms with Gasteiger partial charge in [0.25, 0.3) is 5.91 Å². The lowest BCUT2D eigenvalue weighted by Gasteiger charge is -2.30. The molecule has 3 heterocycles. The fraction of sp³-hybridized carbons (Fsp3) is 0.610. The van der Waals surface area contributed by atoms with Crippen molar-refractivity contribution < 1.29 is 46.7 Å². The Morgan fingerprint density at radius 2 is 1.84 bits per heavy atom. The van der Waals surface area contributed by atoms with Crippen LogP contribution in [-0.4, -0.2) is 96.0 Å². The van der Waals surface area contributed by atoms with E-state index in [1.807, 2.05) is 45.0 Å². The maximum Gasteiger partial charge on any atom is 0.410 e. The Morgan fingerprint density at radius 3 is 2.53 bits per heavy atom. The van der Waals surface area contributed by atoms with E-state index in [1.54, 1.807) is 18.7 Å². The van der Waals surface area contributed by atoms with E-state index in [1.165, 1.54) is 11.0 Å². The van der Waals surface area contributed by atoms with Crippen molar-refractivity contribution in [2.24, 2.45) is 11.3 Å². The molecule has 1 saturated heterocycles. The van der Waals surface area contributed by atoms with Crippen LogP contribution in [0.3, 0.4) is 0 Å². The second-order valence-corrected chi connectivity index (χ2v) is 19.1. The summed E-state index contributed by atoms with van der Waals surface area (Å²) in [5, 5.41) is 4.77. The molecule has 0 unspecified atom stereocenters. The first-order chi connectivity index (χ1) is 26.9. The van der Waals surface area contributed by atoms with Crippen LogP contribution in [0.1, 0.15) is 109 Å². The zero-order valence-corrected chi connectivity index (χ0v) is 34.2. The van der Waals surface area contributed by atoms with Crippen molar-refractivity contribution >= 4 is 51.8 Å². The highest BCUT2D eigenvalue weighted by Gasteiger charge is 2.62. The number of alkyl carbamates (subject to hydrolysis) is 1. The van der Waals surface area contributed by atoms with Crippen LogP contribution in [0.25, 0.3) is 6.08 Å². The Hall–Kier alpha value is -4.73. The molecule has 16 heteroatoms. The first-order valence-corrected chi connectivity index (χ1v) is 21.5. The lowest BCUT2D eigenvalue weighted by atomic mass is 9.88. The average Bonchev–Trinajstić information content (AvgIpc) is 4.04. The number of benzene rings is 1. The van der Waals surface area contributed by atoms with E-state index < -0.39 is 74.3 Å². The Kier molecular flexibility index (Phi) is 12.2. The maximum atomic E-state index is 14.6. The standard InChI is InChI=1S/C41H55N5O10S/c1-6-28-20-41(28,37(50)44-57(53,54)31-14-15-31)43-35(48)34-19-30-22-46(34)36(49)33(16-13-29(47)18-25(2)3)42-38(51)55-24-40(4,5)17-8-7-10-26-11-9-12-27-21-45(23-32(26)27)39(52)56-30/h7,9-12,18,28,30-31,33-34H,6,8,13-17,19-24H2,1-5H3,(H,42,51)(H,43,48)(H,44,50)/t28-,30-,33+,34+,41-/m1/s1. The van der Waals surface area contributed by atoms with Crippen LogP contribution in [0.2, 0.25) is 0 Å². The Bertz CT molecular complexity index is 1970. The monoisotopic (exact) mass is 809 g/mol. The summed E-state index contributed by atoms with van der Waals surface area (Å²) in [4.78, 5) is 85.0. The van der Waals surface area contributed by atoms with E-state index in [4.69, 9.17) is 9.47 Å². The Morgan fingerprint density at radius 1 is 1.09 bits per heavy atom. The molecule has 3 N–H and O–H groups in total. The van der Waals surface area contributed by atoms with Gasteiger partial charge in [-0.15, -0.1) is 0 Å². The minimum absolute atomic E-state index is 0.0476. The molecule has 0 aromatic heterocycles. The van der Waals surface area contributed by atoms with Gasteiger partial charge in [-0.25, -0.2) is 18.0 Å². The van der Waals surface area contributed by atoms with Gasteiger partial charge in [0.1, 0.15) is 23.7 Å². The lowest BCUT2D eigenvalue weighted by molar-refractivity contribution is -0.141. The molecular weight excluding hydrogens is 755 g/mol. The summed E-state index contributed by atoms with van der Waals surface area (Å²) in [6.07, 6.45) is 5.67. The molecule has 57 heavy (non-hydrogen) atoms. The third-order valence-corrected chi connectivity index (χ3v) is 13.4. The van der Waals surface area contributed by atoms with Crippen LogP contribution in [-0.2, 0) is 51.8 Å². The molecular formula is C41H55N5O10S. The van der Waals surface area contributed by atoms with Gasteiger partial charge in [-0.05, 0) is 86.5 Å². The topological polar surface area (TPSA) is 198 Å². The SMILES string of the molecule is CC[C@@H]1C[C@]1(NC(=O)[C@@H]1C[C@@H]2CN1C(=O)[C@H](CCC(=O)C=C(C)C)NC(=O)OCC(C)(C)CCC=Cc1cccc3c1CN(C3)C(=O)O2)C(=O)NS(=O)(=O)C1CC1. The molecule has 0 spiro atoms. The van der Waals surface area contributed by atoms with E-state index in [2.05, 4.69) is 21.4 Å². The van der Waals surface area contributed by atoms with Gasteiger partial charge in [0.05, 0.1) is 24.9 Å². The van der Waals surface area contributed by atoms with E-state index in [-0.39, 0.29) is 50.5 Å². The molecule has 2 aliphatic carbocycles. The average molecular weight is 810 g/mol. The van der Waals surface area contributed by atoms with E-state index in [0.717, 1.165) is 22.3 Å². The van der Waals surface area contributed by atoms with Crippen molar-refractivity contribution in [1.29, 1.82) is 0 Å². The summed E-state index contributed by atoms with van der Waals surface area (Å²) >= 11 is 0. The fourth-order valence-corrected chi connectivity index (χ4v) is 9.32. The van der Waals surface area contributed by atoms with Crippen molar-refractivity contribution in [3.63, 3.8) is 0 Å². The number of hydrogen-bond donors (Lipinski definition) is 3. The van der Waals surface area contributed by atoms with Gasteiger partial charge in [0.15, 0.2) is 5.78 Å². The Labute approximate surface area is 334 Å². The number of ether oxygens (including phenoxy) is 2. The first kappa shape index (κ1) is 41.9. The van der Waals surface area contributed by atoms with Crippen molar-refractivity contribution in [3.8, 4) is 0 Å². The van der Waals surface area contributed by atoms with E-state index in [9.17, 15) is 37.2 Å². The number of carbonyl (C=O) groups excluding carboxylic acids is 6. The zero-order chi connectivity index (χ0) is 41.3. The number of nitrogens with zero attached hydrogens (tertiary/aromatic N) is 2. The summed E-state index contributed by atoms with van der Waals surface area (Å²) in [5.74, 6) is -2.88. The zero-order valence-electron chi connectivity index (χ0n) is 33.4. The summed E-state index contributed by atoms with van der Waals surface area (Å²) in [6.45, 7) is 9.75. The summed E-state index contributed by atoms with van der Waals surface area (Å²) < 4.78 is 39.3. The molecule has 15 nitrogen and oxygen atoms in total. The van der Waals surface area contributed by atoms with E-state index >= 15 is 0 Å². The van der Waals surface area contributed by atoms with Crippen LogP contribution in [0.4, 0.5) is 9.59 Å². The first-order valence-electron chi connectivity index (χ1n) is 19.9. The highest BCUT2D eigenvalue weighted by molar-refractivity contribution is 7.91. The van der Waals surface area contributed by atoms with Gasteiger partial charge >= 0.3 is 12.2 Å². The molecule has 1 aromatic rings. The van der Waals surface area contributed by atoms with Gasteiger partial charge in [0, 0.05) is 19.4 Å². The fourth-order valence-electron chi connectivity index (χ4n) is 7.96. The molecule has 2 saturated carbocycles. The number of cyclic esters (lactones) is 1. The molecule has 5 aliphatic rings. The number of rotatable bonds is 10. The molecule has 5 atom stereocenters. The minimum Gasteiger partial charge on any atom is -0.449 e. The number of hydrogen-bond acceptors (Lipinski definition) is 10. The van der Waals surface area contributed by atoms with Crippen LogP contribution in [0.5, 0.6) is 0 Å². The van der Waals surface area contributed by atoms with E-state index in [0.29, 0.717) is 45.2 Å². The van der Waals surface area contributed by atoms with Crippen LogP contribution < -0.4 is 15.4 Å². The molecule has 3 aliphatic heterocycles. The molecule has 4 bridgehead atoms. The number of carbonyl (C=O) groups is 6. The minimum atomic E-state index is -3.92. The molecule has 6 rings (SSSR count). The quantitative estimate of drug-likeness (QED) is 0.288. The normalized spacial score (nSPS) is 27.4. The maximum absolute atomic E-state index is 14.6. The van der Waals surface area contributed by atoms with Crippen LogP contribution in [0, 0.1) is 11.3 Å².